The molecule has 2 rings (SSSR count). The zero-order valence-corrected chi connectivity index (χ0v) is 13.7. The lowest BCUT2D eigenvalue weighted by Crippen LogP contribution is -2.48. The Balaban J connectivity index is 0.00000220. The van der Waals surface area contributed by atoms with Crippen LogP contribution in [0.2, 0.25) is 0 Å². The Morgan fingerprint density at radius 2 is 1.95 bits per heavy atom. The molecular formula is C16H23ClN2O2. The molecule has 4 nitrogen and oxygen atoms in total. The lowest BCUT2D eigenvalue weighted by molar-refractivity contribution is -0.124. The molecule has 1 atom stereocenters. The van der Waals surface area contributed by atoms with Crippen molar-refractivity contribution in [3.8, 4) is 0 Å². The van der Waals surface area contributed by atoms with Gasteiger partial charge in [-0.25, -0.2) is 0 Å². The van der Waals surface area contributed by atoms with E-state index in [9.17, 15) is 4.79 Å². The first-order valence-electron chi connectivity index (χ1n) is 6.81. The van der Waals surface area contributed by atoms with Gasteiger partial charge in [0.15, 0.2) is 0 Å². The van der Waals surface area contributed by atoms with E-state index in [0.29, 0.717) is 6.54 Å². The first-order chi connectivity index (χ1) is 9.30. The lowest BCUT2D eigenvalue weighted by atomic mass is 9.87. The number of hydrogen-bond donors (Lipinski definition) is 2. The van der Waals surface area contributed by atoms with Crippen LogP contribution >= 0.6 is 12.4 Å². The Kier molecular flexibility index (Phi) is 5.42. The minimum absolute atomic E-state index is 0. The lowest BCUT2D eigenvalue weighted by Gasteiger charge is -2.25. The van der Waals surface area contributed by atoms with Crippen molar-refractivity contribution in [1.29, 1.82) is 0 Å². The first kappa shape index (κ1) is 17.5. The molecule has 0 saturated heterocycles. The van der Waals surface area contributed by atoms with Crippen LogP contribution in [0.25, 0.3) is 11.0 Å². The highest BCUT2D eigenvalue weighted by Gasteiger charge is 2.27. The number of amides is 1. The van der Waals surface area contributed by atoms with Gasteiger partial charge in [-0.05, 0) is 18.4 Å². The van der Waals surface area contributed by atoms with Crippen LogP contribution in [0.5, 0.6) is 0 Å². The Labute approximate surface area is 131 Å². The summed E-state index contributed by atoms with van der Waals surface area (Å²) >= 11 is 0. The maximum atomic E-state index is 12.0. The maximum absolute atomic E-state index is 12.0. The van der Waals surface area contributed by atoms with Gasteiger partial charge in [-0.3, -0.25) is 4.79 Å². The van der Waals surface area contributed by atoms with Gasteiger partial charge in [-0.1, -0.05) is 39.0 Å². The third-order valence-electron chi connectivity index (χ3n) is 3.58. The monoisotopic (exact) mass is 310 g/mol. The van der Waals surface area contributed by atoms with Crippen molar-refractivity contribution >= 4 is 29.3 Å². The largest absolute Gasteiger partial charge is 0.459 e. The van der Waals surface area contributed by atoms with E-state index in [0.717, 1.165) is 22.3 Å². The summed E-state index contributed by atoms with van der Waals surface area (Å²) in [4.78, 5) is 12.0. The topological polar surface area (TPSA) is 68.3 Å². The first-order valence-corrected chi connectivity index (χ1v) is 6.81. The molecule has 21 heavy (non-hydrogen) atoms. The number of carbonyl (C=O) groups is 1. The van der Waals surface area contributed by atoms with Gasteiger partial charge in [0.2, 0.25) is 5.91 Å². The van der Waals surface area contributed by atoms with Crippen molar-refractivity contribution in [1.82, 2.24) is 5.32 Å². The van der Waals surface area contributed by atoms with Crippen LogP contribution in [-0.2, 0) is 11.3 Å². The second kappa shape index (κ2) is 6.50. The molecule has 0 spiro atoms. The fourth-order valence-electron chi connectivity index (χ4n) is 2.06. The molecule has 0 fully saturated rings. The highest BCUT2D eigenvalue weighted by molar-refractivity contribution is 5.85. The quantitative estimate of drug-likeness (QED) is 0.915. The van der Waals surface area contributed by atoms with Crippen molar-refractivity contribution in [3.05, 3.63) is 35.6 Å². The van der Waals surface area contributed by atoms with Crippen LogP contribution in [0.15, 0.2) is 28.7 Å². The molecule has 1 aromatic carbocycles. The van der Waals surface area contributed by atoms with Crippen molar-refractivity contribution in [2.24, 2.45) is 11.1 Å². The highest BCUT2D eigenvalue weighted by Crippen LogP contribution is 2.25. The molecule has 1 heterocycles. The van der Waals surface area contributed by atoms with Gasteiger partial charge in [0.1, 0.15) is 11.3 Å². The van der Waals surface area contributed by atoms with Crippen LogP contribution in [0, 0.1) is 12.3 Å². The number of fused-ring (bicyclic) bond motifs is 1. The summed E-state index contributed by atoms with van der Waals surface area (Å²) in [5, 5.41) is 3.93. The predicted octanol–water partition coefficient (Wildman–Crippen LogP) is 3.15. The number of benzene rings is 1. The number of carbonyl (C=O) groups excluding carboxylic acids is 1. The number of rotatable bonds is 3. The van der Waals surface area contributed by atoms with Crippen molar-refractivity contribution < 1.29 is 9.21 Å². The number of hydrogen-bond acceptors (Lipinski definition) is 3. The summed E-state index contributed by atoms with van der Waals surface area (Å²) in [5.74, 6) is 0.623. The molecule has 5 heteroatoms. The second-order valence-electron chi connectivity index (χ2n) is 6.21. The minimum atomic E-state index is -0.535. The number of furan rings is 1. The zero-order valence-electron chi connectivity index (χ0n) is 12.9. The zero-order chi connectivity index (χ0) is 14.9. The number of nitrogens with two attached hydrogens (primary N) is 1. The SMILES string of the molecule is Cc1c(CNC(=O)[C@@H](N)C(C)(C)C)oc2ccccc12.Cl. The normalized spacial score (nSPS) is 12.8. The van der Waals surface area contributed by atoms with Crippen LogP contribution in [0.1, 0.15) is 32.1 Å². The van der Waals surface area contributed by atoms with Crippen molar-refractivity contribution in [3.63, 3.8) is 0 Å². The molecule has 116 valence electrons. The van der Waals surface area contributed by atoms with E-state index in [2.05, 4.69) is 5.32 Å². The molecule has 0 aliphatic carbocycles. The van der Waals surface area contributed by atoms with Crippen molar-refractivity contribution in [2.75, 3.05) is 0 Å². The molecule has 0 bridgehead atoms. The van der Waals surface area contributed by atoms with E-state index in [1.165, 1.54) is 0 Å². The molecule has 0 aliphatic rings. The van der Waals surface area contributed by atoms with E-state index >= 15 is 0 Å². The Morgan fingerprint density at radius 3 is 2.52 bits per heavy atom. The highest BCUT2D eigenvalue weighted by atomic mass is 35.5. The Morgan fingerprint density at radius 1 is 1.33 bits per heavy atom. The fourth-order valence-corrected chi connectivity index (χ4v) is 2.06. The van der Waals surface area contributed by atoms with Gasteiger partial charge < -0.3 is 15.5 Å². The molecule has 1 aromatic heterocycles. The van der Waals surface area contributed by atoms with Crippen molar-refractivity contribution in [2.45, 2.75) is 40.3 Å². The summed E-state index contributed by atoms with van der Waals surface area (Å²) < 4.78 is 5.76. The number of nitrogens with one attached hydrogen (secondary N) is 1. The molecule has 2 aromatic rings. The fraction of sp³-hybridized carbons (Fsp3) is 0.438. The van der Waals surface area contributed by atoms with Gasteiger partial charge in [0.25, 0.3) is 0 Å². The van der Waals surface area contributed by atoms with Crippen LogP contribution in [-0.4, -0.2) is 11.9 Å². The average molecular weight is 311 g/mol. The molecule has 1 amide bonds. The standard InChI is InChI=1S/C16H22N2O2.ClH/c1-10-11-7-5-6-8-12(11)20-13(10)9-18-15(19)14(17)16(2,3)4;/h5-8,14H,9,17H2,1-4H3,(H,18,19);1H/t14-;/m1./s1. The van der Waals surface area contributed by atoms with Gasteiger partial charge >= 0.3 is 0 Å². The number of para-hydroxylation sites is 1. The minimum Gasteiger partial charge on any atom is -0.459 e. The van der Waals surface area contributed by atoms with Gasteiger partial charge in [-0.2, -0.15) is 0 Å². The predicted molar refractivity (Wildman–Crippen MR) is 87.5 cm³/mol. The summed E-state index contributed by atoms with van der Waals surface area (Å²) in [6, 6.07) is 7.31. The van der Waals surface area contributed by atoms with E-state index in [4.69, 9.17) is 10.2 Å². The summed E-state index contributed by atoms with van der Waals surface area (Å²) in [5.41, 5.74) is 7.57. The molecule has 0 unspecified atom stereocenters. The van der Waals surface area contributed by atoms with E-state index < -0.39 is 6.04 Å². The third-order valence-corrected chi connectivity index (χ3v) is 3.58. The molecule has 0 saturated carbocycles. The third kappa shape index (κ3) is 3.77. The second-order valence-corrected chi connectivity index (χ2v) is 6.21. The molecular weight excluding hydrogens is 288 g/mol. The van der Waals surface area contributed by atoms with E-state index in [1.54, 1.807) is 0 Å². The number of aryl methyl sites for hydroxylation is 1. The van der Waals surface area contributed by atoms with Gasteiger partial charge in [-0.15, -0.1) is 12.4 Å². The maximum Gasteiger partial charge on any atom is 0.237 e. The van der Waals surface area contributed by atoms with E-state index in [-0.39, 0.29) is 23.7 Å². The summed E-state index contributed by atoms with van der Waals surface area (Å²) in [6.07, 6.45) is 0. The summed E-state index contributed by atoms with van der Waals surface area (Å²) in [7, 11) is 0. The van der Waals surface area contributed by atoms with Crippen LogP contribution in [0.3, 0.4) is 0 Å². The Hall–Kier alpha value is -1.52. The average Bonchev–Trinajstić information content (AvgIpc) is 2.71. The Bertz CT molecular complexity index is 629. The van der Waals surface area contributed by atoms with Crippen LogP contribution < -0.4 is 11.1 Å². The number of halogens is 1. The van der Waals surface area contributed by atoms with Gasteiger partial charge in [0, 0.05) is 10.9 Å². The van der Waals surface area contributed by atoms with E-state index in [1.807, 2.05) is 52.0 Å². The molecule has 0 radical (unpaired) electrons. The van der Waals surface area contributed by atoms with Crippen LogP contribution in [0.4, 0.5) is 0 Å². The smallest absolute Gasteiger partial charge is 0.237 e. The molecule has 3 N–H and O–H groups in total. The molecule has 0 aliphatic heterocycles. The summed E-state index contributed by atoms with van der Waals surface area (Å²) in [6.45, 7) is 8.21. The van der Waals surface area contributed by atoms with Gasteiger partial charge in [0.05, 0.1) is 12.6 Å².